The molecule has 2 aliphatic rings. The van der Waals surface area contributed by atoms with E-state index in [4.69, 9.17) is 4.74 Å². The molecule has 0 N–H and O–H groups in total. The number of carbonyl (C=O) groups is 1. The van der Waals surface area contributed by atoms with Gasteiger partial charge in [0, 0.05) is 13.1 Å². The number of nitrogens with zero attached hydrogens (tertiary/aromatic N) is 1. The second-order valence-corrected chi connectivity index (χ2v) is 5.16. The van der Waals surface area contributed by atoms with Crippen molar-refractivity contribution >= 4 is 6.09 Å². The van der Waals surface area contributed by atoms with Crippen LogP contribution in [-0.2, 0) is 4.74 Å². The summed E-state index contributed by atoms with van der Waals surface area (Å²) in [6, 6.07) is 0. The number of rotatable bonds is 2. The zero-order valence-corrected chi connectivity index (χ0v) is 10.3. The molecule has 0 spiro atoms. The van der Waals surface area contributed by atoms with E-state index in [0.717, 1.165) is 45.2 Å². The third kappa shape index (κ3) is 2.50. The Morgan fingerprint density at radius 3 is 2.31 bits per heavy atom. The predicted molar refractivity (Wildman–Crippen MR) is 63.4 cm³/mol. The Hall–Kier alpha value is -0.730. The highest BCUT2D eigenvalue weighted by molar-refractivity contribution is 5.68. The summed E-state index contributed by atoms with van der Waals surface area (Å²) in [5.74, 6) is 0. The van der Waals surface area contributed by atoms with Gasteiger partial charge in [0.2, 0.25) is 0 Å². The lowest BCUT2D eigenvalue weighted by Crippen LogP contribution is -2.41. The van der Waals surface area contributed by atoms with Gasteiger partial charge >= 0.3 is 6.09 Å². The lowest BCUT2D eigenvalue weighted by atomic mass is 9.99. The van der Waals surface area contributed by atoms with Gasteiger partial charge in [-0.15, -0.1) is 0 Å². The standard InChI is InChI=1S/C13H23NO2/c1-2-13(8-4-5-9-13)16-12(15)14-10-6-3-7-11-14/h2-11H2,1H3. The lowest BCUT2D eigenvalue weighted by Gasteiger charge is -2.33. The van der Waals surface area contributed by atoms with Gasteiger partial charge in [0.25, 0.3) is 0 Å². The Morgan fingerprint density at radius 2 is 1.75 bits per heavy atom. The van der Waals surface area contributed by atoms with E-state index >= 15 is 0 Å². The van der Waals surface area contributed by atoms with Crippen LogP contribution in [0.25, 0.3) is 0 Å². The topological polar surface area (TPSA) is 29.5 Å². The van der Waals surface area contributed by atoms with Crippen LogP contribution in [0.5, 0.6) is 0 Å². The summed E-state index contributed by atoms with van der Waals surface area (Å²) in [6.45, 7) is 3.91. The normalized spacial score (nSPS) is 24.4. The molecule has 3 heteroatoms. The molecule has 0 atom stereocenters. The minimum absolute atomic E-state index is 0.0662. The average Bonchev–Trinajstić information content (AvgIpc) is 2.79. The molecule has 1 saturated heterocycles. The van der Waals surface area contributed by atoms with Crippen molar-refractivity contribution in [1.29, 1.82) is 0 Å². The number of amides is 1. The van der Waals surface area contributed by atoms with E-state index < -0.39 is 0 Å². The van der Waals surface area contributed by atoms with E-state index in [9.17, 15) is 4.79 Å². The number of likely N-dealkylation sites (tertiary alicyclic amines) is 1. The van der Waals surface area contributed by atoms with Crippen molar-refractivity contribution in [3.63, 3.8) is 0 Å². The second kappa shape index (κ2) is 5.07. The van der Waals surface area contributed by atoms with Crippen molar-refractivity contribution in [2.45, 2.75) is 63.9 Å². The number of piperidine rings is 1. The first-order valence-electron chi connectivity index (χ1n) is 6.74. The van der Waals surface area contributed by atoms with Crippen molar-refractivity contribution in [2.24, 2.45) is 0 Å². The van der Waals surface area contributed by atoms with Crippen LogP contribution >= 0.6 is 0 Å². The van der Waals surface area contributed by atoms with Gasteiger partial charge in [0.05, 0.1) is 0 Å². The van der Waals surface area contributed by atoms with Crippen LogP contribution in [0.2, 0.25) is 0 Å². The van der Waals surface area contributed by atoms with Crippen LogP contribution in [0.1, 0.15) is 58.3 Å². The molecular formula is C13H23NO2. The van der Waals surface area contributed by atoms with Crippen molar-refractivity contribution in [3.05, 3.63) is 0 Å². The predicted octanol–water partition coefficient (Wildman–Crippen LogP) is 3.33. The van der Waals surface area contributed by atoms with Crippen molar-refractivity contribution in [1.82, 2.24) is 4.90 Å². The molecule has 1 aliphatic carbocycles. The van der Waals surface area contributed by atoms with Gasteiger partial charge in [-0.25, -0.2) is 4.79 Å². The Morgan fingerprint density at radius 1 is 1.12 bits per heavy atom. The third-order valence-electron chi connectivity index (χ3n) is 4.08. The summed E-state index contributed by atoms with van der Waals surface area (Å²) in [7, 11) is 0. The molecular weight excluding hydrogens is 202 g/mol. The summed E-state index contributed by atoms with van der Waals surface area (Å²) in [4.78, 5) is 13.9. The quantitative estimate of drug-likeness (QED) is 0.721. The molecule has 0 aromatic carbocycles. The molecule has 0 unspecified atom stereocenters. The zero-order chi connectivity index (χ0) is 11.4. The summed E-state index contributed by atoms with van der Waals surface area (Å²) < 4.78 is 5.77. The van der Waals surface area contributed by atoms with E-state index in [1.807, 2.05) is 4.90 Å². The second-order valence-electron chi connectivity index (χ2n) is 5.16. The number of ether oxygens (including phenoxy) is 1. The van der Waals surface area contributed by atoms with Gasteiger partial charge in [0.15, 0.2) is 0 Å². The smallest absolute Gasteiger partial charge is 0.410 e. The molecule has 0 radical (unpaired) electrons. The van der Waals surface area contributed by atoms with Gasteiger partial charge in [-0.2, -0.15) is 0 Å². The van der Waals surface area contributed by atoms with E-state index in [-0.39, 0.29) is 11.7 Å². The van der Waals surface area contributed by atoms with Gasteiger partial charge < -0.3 is 9.64 Å². The first-order chi connectivity index (χ1) is 7.76. The summed E-state index contributed by atoms with van der Waals surface area (Å²) in [5.41, 5.74) is -0.130. The number of carbonyl (C=O) groups excluding carboxylic acids is 1. The fraction of sp³-hybridized carbons (Fsp3) is 0.923. The molecule has 0 bridgehead atoms. The van der Waals surface area contributed by atoms with Crippen LogP contribution in [0.4, 0.5) is 4.79 Å². The van der Waals surface area contributed by atoms with Crippen LogP contribution in [0.15, 0.2) is 0 Å². The highest BCUT2D eigenvalue weighted by Gasteiger charge is 2.37. The molecule has 1 saturated carbocycles. The average molecular weight is 225 g/mol. The maximum Gasteiger partial charge on any atom is 0.410 e. The molecule has 3 nitrogen and oxygen atoms in total. The van der Waals surface area contributed by atoms with Crippen LogP contribution in [0.3, 0.4) is 0 Å². The molecule has 16 heavy (non-hydrogen) atoms. The fourth-order valence-electron chi connectivity index (χ4n) is 2.87. The molecule has 0 aromatic rings. The SMILES string of the molecule is CCC1(OC(=O)N2CCCCC2)CCCC1. The molecule has 1 heterocycles. The van der Waals surface area contributed by atoms with Crippen molar-refractivity contribution in [3.8, 4) is 0 Å². The molecule has 2 fully saturated rings. The Labute approximate surface area is 98.1 Å². The van der Waals surface area contributed by atoms with Crippen molar-refractivity contribution < 1.29 is 9.53 Å². The molecule has 1 amide bonds. The van der Waals surface area contributed by atoms with Crippen molar-refractivity contribution in [2.75, 3.05) is 13.1 Å². The van der Waals surface area contributed by atoms with Crippen LogP contribution < -0.4 is 0 Å². The maximum absolute atomic E-state index is 12.0. The highest BCUT2D eigenvalue weighted by atomic mass is 16.6. The Bertz CT molecular complexity index is 240. The summed E-state index contributed by atoms with van der Waals surface area (Å²) in [5, 5.41) is 0. The fourth-order valence-corrected chi connectivity index (χ4v) is 2.87. The Kier molecular flexibility index (Phi) is 3.72. The summed E-state index contributed by atoms with van der Waals surface area (Å²) in [6.07, 6.45) is 8.95. The maximum atomic E-state index is 12.0. The van der Waals surface area contributed by atoms with E-state index in [0.29, 0.717) is 0 Å². The first-order valence-corrected chi connectivity index (χ1v) is 6.74. The summed E-state index contributed by atoms with van der Waals surface area (Å²) >= 11 is 0. The zero-order valence-electron chi connectivity index (χ0n) is 10.3. The van der Waals surface area contributed by atoms with Crippen LogP contribution in [-0.4, -0.2) is 29.7 Å². The molecule has 0 aromatic heterocycles. The number of hydrogen-bond acceptors (Lipinski definition) is 2. The minimum Gasteiger partial charge on any atom is -0.443 e. The first kappa shape index (κ1) is 11.7. The van der Waals surface area contributed by atoms with Gasteiger partial charge in [0.1, 0.15) is 5.60 Å². The number of hydrogen-bond donors (Lipinski definition) is 0. The van der Waals surface area contributed by atoms with E-state index in [2.05, 4.69) is 6.92 Å². The third-order valence-corrected chi connectivity index (χ3v) is 4.08. The van der Waals surface area contributed by atoms with E-state index in [1.54, 1.807) is 0 Å². The molecule has 1 aliphatic heterocycles. The molecule has 92 valence electrons. The van der Waals surface area contributed by atoms with Gasteiger partial charge in [-0.3, -0.25) is 0 Å². The molecule has 2 rings (SSSR count). The minimum atomic E-state index is -0.130. The highest BCUT2D eigenvalue weighted by Crippen LogP contribution is 2.36. The van der Waals surface area contributed by atoms with Crippen LogP contribution in [0, 0.1) is 0 Å². The lowest BCUT2D eigenvalue weighted by molar-refractivity contribution is -0.0107. The Balaban J connectivity index is 1.89. The van der Waals surface area contributed by atoms with Gasteiger partial charge in [-0.05, 0) is 51.4 Å². The largest absolute Gasteiger partial charge is 0.443 e. The monoisotopic (exact) mass is 225 g/mol. The van der Waals surface area contributed by atoms with E-state index in [1.165, 1.54) is 19.3 Å². The van der Waals surface area contributed by atoms with Gasteiger partial charge in [-0.1, -0.05) is 6.92 Å².